The van der Waals surface area contributed by atoms with Gasteiger partial charge in [0, 0.05) is 45.9 Å². The zero-order valence-corrected chi connectivity index (χ0v) is 19.8. The van der Waals surface area contributed by atoms with Crippen molar-refractivity contribution >= 4 is 5.97 Å². The number of carboxylic acid groups (broad SMARTS) is 1. The normalized spacial score (nSPS) is 15.4. The third-order valence-corrected chi connectivity index (χ3v) is 4.87. The summed E-state index contributed by atoms with van der Waals surface area (Å²) < 4.78 is 32.6. The van der Waals surface area contributed by atoms with E-state index in [0.717, 1.165) is 58.9 Å². The SMILES string of the molecule is CCCOCCOCCN1CCN(CCOCCOCCOCCOCCC(=O)O)CC1. The van der Waals surface area contributed by atoms with Crippen LogP contribution in [-0.2, 0) is 33.2 Å². The summed E-state index contributed by atoms with van der Waals surface area (Å²) in [6.45, 7) is 15.2. The first-order valence-electron chi connectivity index (χ1n) is 11.8. The number of hydrogen-bond donors (Lipinski definition) is 1. The van der Waals surface area contributed by atoms with Crippen molar-refractivity contribution in [1.29, 1.82) is 0 Å². The van der Waals surface area contributed by atoms with Crippen molar-refractivity contribution in [2.75, 3.05) is 119 Å². The van der Waals surface area contributed by atoms with Gasteiger partial charge in [-0.2, -0.15) is 0 Å². The van der Waals surface area contributed by atoms with Crippen LogP contribution in [0.3, 0.4) is 0 Å². The Labute approximate surface area is 193 Å². The van der Waals surface area contributed by atoms with E-state index in [1.807, 2.05) is 0 Å². The first kappa shape index (κ1) is 29.2. The van der Waals surface area contributed by atoms with Gasteiger partial charge in [-0.05, 0) is 6.42 Å². The number of aliphatic carboxylic acids is 1. The number of ether oxygens (including phenoxy) is 6. The van der Waals surface area contributed by atoms with Crippen LogP contribution in [0.25, 0.3) is 0 Å². The summed E-state index contributed by atoms with van der Waals surface area (Å²) in [4.78, 5) is 15.2. The molecule has 32 heavy (non-hydrogen) atoms. The van der Waals surface area contributed by atoms with Crippen LogP contribution in [0, 0.1) is 0 Å². The molecular weight excluding hydrogens is 420 g/mol. The molecule has 1 aliphatic heterocycles. The summed E-state index contributed by atoms with van der Waals surface area (Å²) in [5, 5.41) is 8.47. The molecule has 1 fully saturated rings. The summed E-state index contributed by atoms with van der Waals surface area (Å²) in [6.07, 6.45) is 1.07. The number of carbonyl (C=O) groups is 1. The molecule has 0 atom stereocenters. The molecule has 0 saturated carbocycles. The van der Waals surface area contributed by atoms with Crippen LogP contribution in [0.2, 0.25) is 0 Å². The van der Waals surface area contributed by atoms with Gasteiger partial charge < -0.3 is 33.5 Å². The van der Waals surface area contributed by atoms with Gasteiger partial charge in [0.15, 0.2) is 0 Å². The minimum absolute atomic E-state index is 0.0184. The van der Waals surface area contributed by atoms with Crippen molar-refractivity contribution in [3.05, 3.63) is 0 Å². The topological polar surface area (TPSA) is 99.2 Å². The first-order valence-corrected chi connectivity index (χ1v) is 11.8. The summed E-state index contributed by atoms with van der Waals surface area (Å²) in [5.41, 5.74) is 0. The van der Waals surface area contributed by atoms with Gasteiger partial charge in [-0.25, -0.2) is 0 Å². The second-order valence-electron chi connectivity index (χ2n) is 7.50. The molecule has 0 aromatic heterocycles. The van der Waals surface area contributed by atoms with Crippen LogP contribution in [-0.4, -0.2) is 139 Å². The maximum atomic E-state index is 10.3. The van der Waals surface area contributed by atoms with E-state index in [-0.39, 0.29) is 13.0 Å². The van der Waals surface area contributed by atoms with Gasteiger partial charge >= 0.3 is 5.97 Å². The minimum atomic E-state index is -0.856. The molecule has 190 valence electrons. The average Bonchev–Trinajstić information content (AvgIpc) is 2.79. The van der Waals surface area contributed by atoms with E-state index in [9.17, 15) is 4.79 Å². The maximum Gasteiger partial charge on any atom is 0.305 e. The Kier molecular flexibility index (Phi) is 20.0. The predicted octanol–water partition coefficient (Wildman–Crippen LogP) is 0.588. The lowest BCUT2D eigenvalue weighted by Crippen LogP contribution is -2.48. The molecule has 0 amide bonds. The highest BCUT2D eigenvalue weighted by atomic mass is 16.6. The fraction of sp³-hybridized carbons (Fsp3) is 0.955. The zero-order valence-electron chi connectivity index (χ0n) is 19.8. The highest BCUT2D eigenvalue weighted by molar-refractivity contribution is 5.66. The minimum Gasteiger partial charge on any atom is -0.481 e. The number of rotatable bonds is 23. The lowest BCUT2D eigenvalue weighted by atomic mass is 10.3. The molecular formula is C22H44N2O8. The molecule has 0 aromatic rings. The van der Waals surface area contributed by atoms with Crippen LogP contribution in [0.5, 0.6) is 0 Å². The summed E-state index contributed by atoms with van der Waals surface area (Å²) in [6, 6.07) is 0. The van der Waals surface area contributed by atoms with E-state index in [1.54, 1.807) is 0 Å². The van der Waals surface area contributed by atoms with Crippen molar-refractivity contribution in [2.45, 2.75) is 19.8 Å². The number of nitrogens with zero attached hydrogens (tertiary/aromatic N) is 2. The van der Waals surface area contributed by atoms with Crippen molar-refractivity contribution in [2.24, 2.45) is 0 Å². The molecule has 0 spiro atoms. The highest BCUT2D eigenvalue weighted by Gasteiger charge is 2.16. The van der Waals surface area contributed by atoms with Crippen LogP contribution >= 0.6 is 0 Å². The van der Waals surface area contributed by atoms with E-state index in [4.69, 9.17) is 33.5 Å². The van der Waals surface area contributed by atoms with Crippen molar-refractivity contribution < 1.29 is 38.3 Å². The molecule has 1 rings (SSSR count). The zero-order chi connectivity index (χ0) is 23.1. The van der Waals surface area contributed by atoms with Gasteiger partial charge in [0.05, 0.1) is 79.1 Å². The molecule has 10 heteroatoms. The van der Waals surface area contributed by atoms with E-state index in [2.05, 4.69) is 16.7 Å². The fourth-order valence-corrected chi connectivity index (χ4v) is 3.01. The van der Waals surface area contributed by atoms with Gasteiger partial charge in [0.25, 0.3) is 0 Å². The second kappa shape index (κ2) is 22.0. The van der Waals surface area contributed by atoms with E-state index >= 15 is 0 Å². The maximum absolute atomic E-state index is 10.3. The Balaban J connectivity index is 1.77. The quantitative estimate of drug-likeness (QED) is 0.216. The fourth-order valence-electron chi connectivity index (χ4n) is 3.01. The number of piperazine rings is 1. The third kappa shape index (κ3) is 18.7. The number of hydrogen-bond acceptors (Lipinski definition) is 9. The van der Waals surface area contributed by atoms with Crippen LogP contribution in [0.15, 0.2) is 0 Å². The Hall–Kier alpha value is -0.850. The molecule has 1 N–H and O–H groups in total. The number of carboxylic acids is 1. The summed E-state index contributed by atoms with van der Waals surface area (Å²) >= 11 is 0. The van der Waals surface area contributed by atoms with E-state index in [0.29, 0.717) is 59.5 Å². The monoisotopic (exact) mass is 464 g/mol. The lowest BCUT2D eigenvalue weighted by molar-refractivity contribution is -0.138. The second-order valence-corrected chi connectivity index (χ2v) is 7.50. The standard InChI is InChI=1S/C22H44N2O8/c1-2-10-27-14-16-29-12-8-23-4-6-24(7-5-23)9-13-30-17-19-32-21-20-31-18-15-28-11-3-22(25)26/h2-21H2,1H3,(H,25,26). The highest BCUT2D eigenvalue weighted by Crippen LogP contribution is 2.01. The Morgan fingerprint density at radius 1 is 0.594 bits per heavy atom. The van der Waals surface area contributed by atoms with Crippen molar-refractivity contribution in [3.63, 3.8) is 0 Å². The van der Waals surface area contributed by atoms with E-state index < -0.39 is 5.97 Å². The largest absolute Gasteiger partial charge is 0.481 e. The third-order valence-electron chi connectivity index (χ3n) is 4.87. The van der Waals surface area contributed by atoms with Crippen LogP contribution in [0.4, 0.5) is 0 Å². The molecule has 0 aliphatic carbocycles. The molecule has 0 radical (unpaired) electrons. The molecule has 1 saturated heterocycles. The van der Waals surface area contributed by atoms with Gasteiger partial charge in [0.2, 0.25) is 0 Å². The van der Waals surface area contributed by atoms with Gasteiger partial charge in [0.1, 0.15) is 0 Å². The molecule has 0 bridgehead atoms. The predicted molar refractivity (Wildman–Crippen MR) is 120 cm³/mol. The smallest absolute Gasteiger partial charge is 0.305 e. The molecule has 10 nitrogen and oxygen atoms in total. The van der Waals surface area contributed by atoms with Crippen molar-refractivity contribution in [3.8, 4) is 0 Å². The van der Waals surface area contributed by atoms with Gasteiger partial charge in [-0.15, -0.1) is 0 Å². The Morgan fingerprint density at radius 3 is 1.31 bits per heavy atom. The van der Waals surface area contributed by atoms with Crippen LogP contribution in [0.1, 0.15) is 19.8 Å². The Morgan fingerprint density at radius 2 is 0.938 bits per heavy atom. The molecule has 1 aliphatic rings. The van der Waals surface area contributed by atoms with Crippen LogP contribution < -0.4 is 0 Å². The summed E-state index contributed by atoms with van der Waals surface area (Å²) in [7, 11) is 0. The van der Waals surface area contributed by atoms with E-state index in [1.165, 1.54) is 0 Å². The van der Waals surface area contributed by atoms with Gasteiger partial charge in [-0.3, -0.25) is 14.6 Å². The first-order chi connectivity index (χ1) is 15.7. The molecule has 1 heterocycles. The Bertz CT molecular complexity index is 423. The average molecular weight is 465 g/mol. The van der Waals surface area contributed by atoms with Crippen molar-refractivity contribution in [1.82, 2.24) is 9.80 Å². The summed E-state index contributed by atoms with van der Waals surface area (Å²) in [5.74, 6) is -0.856. The lowest BCUT2D eigenvalue weighted by Gasteiger charge is -2.34. The van der Waals surface area contributed by atoms with Gasteiger partial charge in [-0.1, -0.05) is 6.92 Å². The molecule has 0 unspecified atom stereocenters. The molecule has 0 aromatic carbocycles.